The molecule has 2 atom stereocenters. The molecule has 0 aliphatic carbocycles. The predicted molar refractivity (Wildman–Crippen MR) is 126 cm³/mol. The Morgan fingerprint density at radius 1 is 0.815 bits per heavy atom. The average molecular weight is 507 g/mol. The van der Waals surface area contributed by atoms with Crippen molar-refractivity contribution in [1.82, 2.24) is 0 Å². The van der Waals surface area contributed by atoms with Crippen molar-refractivity contribution in [1.29, 1.82) is 0 Å². The molecule has 0 spiro atoms. The minimum atomic E-state index is -2.81. The topological polar surface area (TPSA) is 27.7 Å². The first kappa shape index (κ1) is 25.1. The number of hydrogen-bond donors (Lipinski definition) is 0. The molecule has 1 rings (SSSR count). The van der Waals surface area contributed by atoms with Crippen LogP contribution in [-0.2, 0) is 13.3 Å². The van der Waals surface area contributed by atoms with Gasteiger partial charge < -0.3 is 13.3 Å². The number of rotatable bonds is 15. The van der Waals surface area contributed by atoms with Gasteiger partial charge in [-0.15, -0.1) is 0 Å². The lowest BCUT2D eigenvalue weighted by Gasteiger charge is -2.35. The van der Waals surface area contributed by atoms with Crippen LogP contribution in [0.4, 0.5) is 0 Å². The third kappa shape index (κ3) is 8.52. The highest BCUT2D eigenvalue weighted by atomic mass is 127. The van der Waals surface area contributed by atoms with Crippen LogP contribution >= 0.6 is 22.6 Å². The summed E-state index contributed by atoms with van der Waals surface area (Å²) in [7, 11) is -2.81. The predicted octanol–water partition coefficient (Wildman–Crippen LogP) is 7.21. The van der Waals surface area contributed by atoms with Gasteiger partial charge in [-0.2, -0.15) is 0 Å². The third-order valence-corrected chi connectivity index (χ3v) is 8.74. The summed E-state index contributed by atoms with van der Waals surface area (Å²) in [5.74, 6) is 0. The lowest BCUT2D eigenvalue weighted by atomic mass is 10.1. The van der Waals surface area contributed by atoms with E-state index in [1.165, 1.54) is 11.1 Å². The molecular formula is C22H39IO3Si. The van der Waals surface area contributed by atoms with Gasteiger partial charge in [0.15, 0.2) is 0 Å². The van der Waals surface area contributed by atoms with Crippen LogP contribution in [0.3, 0.4) is 0 Å². The van der Waals surface area contributed by atoms with Crippen LogP contribution in [0.2, 0.25) is 0 Å². The van der Waals surface area contributed by atoms with Crippen molar-refractivity contribution in [2.45, 2.75) is 82.6 Å². The Bertz CT molecular complexity index is 484. The maximum atomic E-state index is 6.47. The maximum Gasteiger partial charge on any atom is 0.508 e. The Morgan fingerprint density at radius 3 is 1.67 bits per heavy atom. The molecule has 1 aromatic carbocycles. The van der Waals surface area contributed by atoms with Crippen LogP contribution in [0.5, 0.6) is 0 Å². The van der Waals surface area contributed by atoms with Crippen LogP contribution < -0.4 is 0 Å². The molecule has 5 heteroatoms. The molecular weight excluding hydrogens is 467 g/mol. The van der Waals surface area contributed by atoms with Crippen LogP contribution in [0, 0.1) is 0 Å². The van der Waals surface area contributed by atoms with Crippen molar-refractivity contribution in [3.05, 3.63) is 35.4 Å². The smallest absolute Gasteiger partial charge is 0.373 e. The summed E-state index contributed by atoms with van der Waals surface area (Å²) < 4.78 is 19.9. The molecule has 0 bridgehead atoms. The van der Waals surface area contributed by atoms with E-state index in [0.29, 0.717) is 23.7 Å². The first-order chi connectivity index (χ1) is 13.0. The van der Waals surface area contributed by atoms with Crippen molar-refractivity contribution in [2.75, 3.05) is 19.8 Å². The van der Waals surface area contributed by atoms with Crippen LogP contribution in [0.1, 0.15) is 93.7 Å². The van der Waals surface area contributed by atoms with E-state index in [1.54, 1.807) is 0 Å². The lowest BCUT2D eigenvalue weighted by molar-refractivity contribution is 0.0488. The van der Waals surface area contributed by atoms with Gasteiger partial charge in [-0.25, -0.2) is 0 Å². The molecule has 0 heterocycles. The summed E-state index contributed by atoms with van der Waals surface area (Å²) in [5.41, 5.74) is 2.75. The number of halogens is 1. The molecule has 0 saturated heterocycles. The number of hydrogen-bond acceptors (Lipinski definition) is 3. The molecule has 0 N–H and O–H groups in total. The second-order valence-corrected chi connectivity index (χ2v) is 12.0. The van der Waals surface area contributed by atoms with E-state index in [1.807, 2.05) is 0 Å². The second-order valence-electron chi connectivity index (χ2n) is 7.22. The maximum absolute atomic E-state index is 6.47. The average Bonchev–Trinajstić information content (AvgIpc) is 2.67. The monoisotopic (exact) mass is 506 g/mol. The zero-order valence-electron chi connectivity index (χ0n) is 17.9. The van der Waals surface area contributed by atoms with E-state index in [0.717, 1.165) is 38.5 Å². The van der Waals surface area contributed by atoms with E-state index in [2.05, 4.69) is 81.5 Å². The highest BCUT2D eigenvalue weighted by Gasteiger charge is 2.48. The van der Waals surface area contributed by atoms with Gasteiger partial charge in [-0.3, -0.25) is 0 Å². The van der Waals surface area contributed by atoms with E-state index in [4.69, 9.17) is 13.3 Å². The minimum Gasteiger partial charge on any atom is -0.373 e. The van der Waals surface area contributed by atoms with Crippen molar-refractivity contribution in [3.63, 3.8) is 0 Å². The Labute approximate surface area is 182 Å². The highest BCUT2D eigenvalue weighted by molar-refractivity contribution is 14.1. The zero-order chi connectivity index (χ0) is 20.1. The number of unbranched alkanes of at least 4 members (excludes halogenated alkanes) is 3. The van der Waals surface area contributed by atoms with Crippen molar-refractivity contribution in [2.24, 2.45) is 0 Å². The van der Waals surface area contributed by atoms with E-state index >= 15 is 0 Å². The van der Waals surface area contributed by atoms with Gasteiger partial charge in [0.2, 0.25) is 0 Å². The van der Waals surface area contributed by atoms with Gasteiger partial charge in [0.25, 0.3) is 0 Å². The fourth-order valence-corrected chi connectivity index (χ4v) is 6.12. The summed E-state index contributed by atoms with van der Waals surface area (Å²) in [6.45, 7) is 13.2. The molecule has 0 radical (unpaired) electrons. The van der Waals surface area contributed by atoms with E-state index in [-0.39, 0.29) is 5.54 Å². The first-order valence-corrected chi connectivity index (χ1v) is 13.7. The second kappa shape index (κ2) is 14.1. The summed E-state index contributed by atoms with van der Waals surface area (Å²) in [6, 6.07) is 8.85. The lowest BCUT2D eigenvalue weighted by Crippen LogP contribution is -2.51. The first-order valence-electron chi connectivity index (χ1n) is 10.7. The van der Waals surface area contributed by atoms with Crippen LogP contribution in [0.15, 0.2) is 24.3 Å². The van der Waals surface area contributed by atoms with Gasteiger partial charge in [0.1, 0.15) is 0 Å². The quantitative estimate of drug-likeness (QED) is 0.109. The number of benzene rings is 1. The van der Waals surface area contributed by atoms with Gasteiger partial charge in [0.05, 0.1) is 5.54 Å². The molecule has 0 fully saturated rings. The summed E-state index contributed by atoms with van der Waals surface area (Å²) >= 11 is 2.47. The van der Waals surface area contributed by atoms with Crippen LogP contribution in [-0.4, -0.2) is 28.6 Å². The molecule has 3 nitrogen and oxygen atoms in total. The Morgan fingerprint density at radius 2 is 1.26 bits per heavy atom. The number of alkyl halides is 1. The largest absolute Gasteiger partial charge is 0.508 e. The van der Waals surface area contributed by atoms with Crippen molar-refractivity contribution >= 4 is 31.4 Å². The normalized spacial score (nSPS) is 14.3. The molecule has 0 aromatic heterocycles. The van der Waals surface area contributed by atoms with Gasteiger partial charge in [0, 0.05) is 23.7 Å². The molecule has 0 amide bonds. The van der Waals surface area contributed by atoms with Gasteiger partial charge >= 0.3 is 8.80 Å². The molecule has 1 aromatic rings. The van der Waals surface area contributed by atoms with E-state index in [9.17, 15) is 0 Å². The zero-order valence-corrected chi connectivity index (χ0v) is 21.1. The molecule has 0 aliphatic rings. The molecule has 0 saturated carbocycles. The molecule has 156 valence electrons. The summed E-state index contributed by atoms with van der Waals surface area (Å²) in [6.07, 6.45) is 6.47. The third-order valence-electron chi connectivity index (χ3n) is 4.80. The Balaban J connectivity index is 3.13. The van der Waals surface area contributed by atoms with Gasteiger partial charge in [-0.05, 0) is 37.3 Å². The highest BCUT2D eigenvalue weighted by Crippen LogP contribution is 2.33. The van der Waals surface area contributed by atoms with Crippen molar-refractivity contribution < 1.29 is 13.3 Å². The Kier molecular flexibility index (Phi) is 13.1. The van der Waals surface area contributed by atoms with Gasteiger partial charge in [-0.1, -0.05) is 93.8 Å². The summed E-state index contributed by atoms with van der Waals surface area (Å²) in [5, 5.41) is 0. The van der Waals surface area contributed by atoms with Crippen molar-refractivity contribution in [3.8, 4) is 0 Å². The molecule has 0 aliphatic heterocycles. The standard InChI is InChI=1S/C22H39IO3Si/c1-6-9-15-24-27(25-16-10-7-2,26-17-11-8-3)20(5)22-14-12-13-21(18-22)19(4)23/h12-14,18-20H,6-11,15-17H2,1-5H3. The Hall–Kier alpha value is 0.0469. The molecule has 2 unspecified atom stereocenters. The minimum absolute atomic E-state index is 0.137. The van der Waals surface area contributed by atoms with Crippen LogP contribution in [0.25, 0.3) is 0 Å². The van der Waals surface area contributed by atoms with E-state index < -0.39 is 8.80 Å². The SMILES string of the molecule is CCCCO[Si](OCCCC)(OCCCC)C(C)c1cccc(C(C)I)c1. The summed E-state index contributed by atoms with van der Waals surface area (Å²) in [4.78, 5) is 0. The molecule has 27 heavy (non-hydrogen) atoms. The fourth-order valence-electron chi connectivity index (χ4n) is 2.86. The fraction of sp³-hybridized carbons (Fsp3) is 0.727.